The number of carboxylic acid groups (broad SMARTS) is 1. The molecule has 0 bridgehead atoms. The maximum Gasteiger partial charge on any atom is 0.333 e. The zero-order chi connectivity index (χ0) is 29.4. The lowest BCUT2D eigenvalue weighted by molar-refractivity contribution is -0.195. The minimum atomic E-state index is -1.20. The van der Waals surface area contributed by atoms with Crippen LogP contribution in [0.25, 0.3) is 0 Å². The standard InChI is InChI=1S/C27H34N2O11/c1-27(2,3)26(36)38-15-16-5-6-18(39-24-12-17(30)11-20(40-24)25(34)35)13-19(16)37-10-4-9-28-21(31)14-29-22(32)7-8-23(29)33/h5-8,13,17,20,24,30H,4,9-12,14-15H2,1-3H3,(H,28,31)(H,34,35). The second kappa shape index (κ2) is 13.4. The molecule has 1 saturated heterocycles. The lowest BCUT2D eigenvalue weighted by Gasteiger charge is -2.31. The first kappa shape index (κ1) is 30.6. The minimum absolute atomic E-state index is 0.0420. The first-order valence-electron chi connectivity index (χ1n) is 12.8. The van der Waals surface area contributed by atoms with Crippen LogP contribution in [-0.2, 0) is 40.1 Å². The van der Waals surface area contributed by atoms with Crippen molar-refractivity contribution in [2.24, 2.45) is 5.41 Å². The van der Waals surface area contributed by atoms with Crippen LogP contribution in [0.15, 0.2) is 30.4 Å². The molecule has 0 radical (unpaired) electrons. The normalized spacial score (nSPS) is 20.8. The predicted molar refractivity (Wildman–Crippen MR) is 137 cm³/mol. The van der Waals surface area contributed by atoms with Crippen molar-refractivity contribution in [1.82, 2.24) is 10.2 Å². The molecule has 218 valence electrons. The number of hydrogen-bond acceptors (Lipinski definition) is 10. The summed E-state index contributed by atoms with van der Waals surface area (Å²) in [5, 5.41) is 21.9. The van der Waals surface area contributed by atoms with E-state index in [1.54, 1.807) is 32.9 Å². The number of aliphatic hydroxyl groups excluding tert-OH is 1. The molecule has 0 spiro atoms. The molecule has 1 fully saturated rings. The van der Waals surface area contributed by atoms with Gasteiger partial charge in [0.05, 0.1) is 18.1 Å². The Morgan fingerprint density at radius 1 is 1.12 bits per heavy atom. The van der Waals surface area contributed by atoms with Gasteiger partial charge in [-0.3, -0.25) is 24.1 Å². The molecule has 0 saturated carbocycles. The third-order valence-electron chi connectivity index (χ3n) is 5.92. The summed E-state index contributed by atoms with van der Waals surface area (Å²) in [5.41, 5.74) is -0.164. The Balaban J connectivity index is 1.59. The van der Waals surface area contributed by atoms with Gasteiger partial charge in [0.15, 0.2) is 6.10 Å². The van der Waals surface area contributed by atoms with E-state index in [2.05, 4.69) is 5.32 Å². The number of nitrogens with zero attached hydrogens (tertiary/aromatic N) is 1. The average Bonchev–Trinajstić information content (AvgIpc) is 3.18. The molecule has 13 nitrogen and oxygen atoms in total. The number of amides is 3. The zero-order valence-electron chi connectivity index (χ0n) is 22.6. The van der Waals surface area contributed by atoms with Crippen LogP contribution in [0.5, 0.6) is 11.5 Å². The van der Waals surface area contributed by atoms with Gasteiger partial charge in [0, 0.05) is 43.2 Å². The van der Waals surface area contributed by atoms with Crippen molar-refractivity contribution in [2.45, 2.75) is 65.1 Å². The highest BCUT2D eigenvalue weighted by Crippen LogP contribution is 2.30. The van der Waals surface area contributed by atoms with E-state index in [-0.39, 0.29) is 44.9 Å². The SMILES string of the molecule is CC(C)(C)C(=O)OCc1ccc(OC2CC(O)CC(C(=O)O)O2)cc1OCCCNC(=O)CN1C(=O)C=CC1=O. The van der Waals surface area contributed by atoms with Crippen molar-refractivity contribution in [1.29, 1.82) is 0 Å². The third-order valence-corrected chi connectivity index (χ3v) is 5.92. The van der Waals surface area contributed by atoms with Crippen molar-refractivity contribution < 1.29 is 53.1 Å². The Morgan fingerprint density at radius 2 is 1.82 bits per heavy atom. The van der Waals surface area contributed by atoms with E-state index in [1.165, 1.54) is 6.07 Å². The van der Waals surface area contributed by atoms with Crippen LogP contribution < -0.4 is 14.8 Å². The third kappa shape index (κ3) is 8.78. The number of esters is 1. The molecule has 2 aliphatic rings. The van der Waals surface area contributed by atoms with Crippen LogP contribution in [0.4, 0.5) is 0 Å². The number of imide groups is 1. The molecule has 40 heavy (non-hydrogen) atoms. The lowest BCUT2D eigenvalue weighted by Crippen LogP contribution is -2.42. The molecule has 3 amide bonds. The van der Waals surface area contributed by atoms with E-state index in [0.717, 1.165) is 17.1 Å². The number of benzene rings is 1. The smallest absolute Gasteiger partial charge is 0.333 e. The number of aliphatic hydroxyl groups is 1. The zero-order valence-corrected chi connectivity index (χ0v) is 22.6. The summed E-state index contributed by atoms with van der Waals surface area (Å²) in [6, 6.07) is 4.76. The van der Waals surface area contributed by atoms with E-state index in [9.17, 15) is 34.2 Å². The Labute approximate surface area is 231 Å². The predicted octanol–water partition coefficient (Wildman–Crippen LogP) is 0.915. The Morgan fingerprint density at radius 3 is 2.48 bits per heavy atom. The summed E-state index contributed by atoms with van der Waals surface area (Å²) >= 11 is 0. The number of nitrogens with one attached hydrogen (secondary N) is 1. The maximum absolute atomic E-state index is 12.3. The van der Waals surface area contributed by atoms with Crippen LogP contribution >= 0.6 is 0 Å². The second-order valence-electron chi connectivity index (χ2n) is 10.4. The fourth-order valence-corrected chi connectivity index (χ4v) is 3.74. The summed E-state index contributed by atoms with van der Waals surface area (Å²) in [5.74, 6) is -2.58. The van der Waals surface area contributed by atoms with Crippen molar-refractivity contribution in [3.63, 3.8) is 0 Å². The Hall–Kier alpha value is -3.97. The minimum Gasteiger partial charge on any atom is -0.493 e. The van der Waals surface area contributed by atoms with Gasteiger partial charge in [0.1, 0.15) is 24.7 Å². The molecule has 1 aromatic carbocycles. The van der Waals surface area contributed by atoms with Crippen LogP contribution in [-0.4, -0.2) is 83.0 Å². The van der Waals surface area contributed by atoms with Crippen molar-refractivity contribution in [3.05, 3.63) is 35.9 Å². The number of carbonyl (C=O) groups excluding carboxylic acids is 4. The molecule has 2 aliphatic heterocycles. The van der Waals surface area contributed by atoms with E-state index in [4.69, 9.17) is 18.9 Å². The highest BCUT2D eigenvalue weighted by atomic mass is 16.7. The molecule has 3 rings (SSSR count). The first-order valence-corrected chi connectivity index (χ1v) is 12.8. The van der Waals surface area contributed by atoms with Gasteiger partial charge in [-0.15, -0.1) is 0 Å². The maximum atomic E-state index is 12.3. The molecule has 0 aliphatic carbocycles. The quantitative estimate of drug-likeness (QED) is 0.187. The topological polar surface area (TPSA) is 178 Å². The summed E-state index contributed by atoms with van der Waals surface area (Å²) in [7, 11) is 0. The summed E-state index contributed by atoms with van der Waals surface area (Å²) in [6.07, 6.45) is -0.489. The van der Waals surface area contributed by atoms with Crippen LogP contribution in [0.1, 0.15) is 45.6 Å². The highest BCUT2D eigenvalue weighted by molar-refractivity contribution is 6.14. The number of aliphatic carboxylic acids is 1. The molecular weight excluding hydrogens is 528 g/mol. The van der Waals surface area contributed by atoms with E-state index >= 15 is 0 Å². The van der Waals surface area contributed by atoms with E-state index < -0.39 is 53.6 Å². The van der Waals surface area contributed by atoms with Gasteiger partial charge in [-0.25, -0.2) is 4.79 Å². The van der Waals surface area contributed by atoms with Crippen molar-refractivity contribution in [3.8, 4) is 11.5 Å². The molecule has 3 atom stereocenters. The molecule has 1 aromatic rings. The lowest BCUT2D eigenvalue weighted by atomic mass is 9.97. The monoisotopic (exact) mass is 562 g/mol. The molecule has 3 unspecified atom stereocenters. The molecule has 0 aromatic heterocycles. The average molecular weight is 563 g/mol. The molecule has 13 heteroatoms. The van der Waals surface area contributed by atoms with Gasteiger partial charge in [-0.1, -0.05) is 0 Å². The fraction of sp³-hybridized carbons (Fsp3) is 0.519. The second-order valence-corrected chi connectivity index (χ2v) is 10.4. The van der Waals surface area contributed by atoms with Crippen molar-refractivity contribution in [2.75, 3.05) is 19.7 Å². The summed E-state index contributed by atoms with van der Waals surface area (Å²) in [6.45, 7) is 5.08. The largest absolute Gasteiger partial charge is 0.493 e. The molecule has 2 heterocycles. The Kier molecular flexibility index (Phi) is 10.2. The van der Waals surface area contributed by atoms with Gasteiger partial charge in [0.25, 0.3) is 11.8 Å². The van der Waals surface area contributed by atoms with Gasteiger partial charge in [0.2, 0.25) is 12.2 Å². The van der Waals surface area contributed by atoms with E-state index in [1.807, 2.05) is 0 Å². The van der Waals surface area contributed by atoms with Crippen LogP contribution in [0, 0.1) is 5.41 Å². The highest BCUT2D eigenvalue weighted by Gasteiger charge is 2.34. The van der Waals surface area contributed by atoms with Crippen LogP contribution in [0.3, 0.4) is 0 Å². The number of carboxylic acids is 1. The van der Waals surface area contributed by atoms with Crippen LogP contribution in [0.2, 0.25) is 0 Å². The molecule has 3 N–H and O–H groups in total. The Bertz CT molecular complexity index is 1140. The fourth-order valence-electron chi connectivity index (χ4n) is 3.74. The number of rotatable bonds is 12. The number of hydrogen-bond donors (Lipinski definition) is 3. The first-order chi connectivity index (χ1) is 18.8. The number of ether oxygens (including phenoxy) is 4. The van der Waals surface area contributed by atoms with E-state index in [0.29, 0.717) is 17.7 Å². The van der Waals surface area contributed by atoms with Crippen molar-refractivity contribution >= 4 is 29.7 Å². The molecular formula is C27H34N2O11. The van der Waals surface area contributed by atoms with Gasteiger partial charge >= 0.3 is 11.9 Å². The summed E-state index contributed by atoms with van der Waals surface area (Å²) < 4.78 is 22.5. The van der Waals surface area contributed by atoms with Gasteiger partial charge < -0.3 is 34.5 Å². The number of carbonyl (C=O) groups is 5. The van der Waals surface area contributed by atoms with Gasteiger partial charge in [-0.2, -0.15) is 0 Å². The summed E-state index contributed by atoms with van der Waals surface area (Å²) in [4.78, 5) is 59.6. The van der Waals surface area contributed by atoms with Gasteiger partial charge in [-0.05, 0) is 39.3 Å².